The molecule has 0 bridgehead atoms. The van der Waals surface area contributed by atoms with Gasteiger partial charge in [-0.3, -0.25) is 0 Å². The smallest absolute Gasteiger partial charge is 0.248 e. The minimum atomic E-state index is 0.0490. The number of nitrogens with zero attached hydrogens (tertiary/aromatic N) is 2. The molecule has 3 heteroatoms. The molecule has 0 spiro atoms. The van der Waals surface area contributed by atoms with Crippen LogP contribution in [0.25, 0.3) is 34.0 Å². The van der Waals surface area contributed by atoms with Crippen LogP contribution in [0.2, 0.25) is 0 Å². The van der Waals surface area contributed by atoms with E-state index in [0.29, 0.717) is 11.8 Å². The van der Waals surface area contributed by atoms with Crippen molar-refractivity contribution in [3.05, 3.63) is 82.9 Å². The highest BCUT2D eigenvalue weighted by atomic mass is 16.4. The van der Waals surface area contributed by atoms with Crippen molar-refractivity contribution in [2.24, 2.45) is 0 Å². The van der Waals surface area contributed by atoms with Gasteiger partial charge < -0.3 is 4.42 Å². The van der Waals surface area contributed by atoms with Gasteiger partial charge >= 0.3 is 0 Å². The van der Waals surface area contributed by atoms with Gasteiger partial charge in [-0.2, -0.15) is 0 Å². The van der Waals surface area contributed by atoms with Crippen LogP contribution in [-0.4, -0.2) is 10.2 Å². The maximum atomic E-state index is 6.35. The van der Waals surface area contributed by atoms with E-state index in [4.69, 9.17) is 4.42 Å². The Morgan fingerprint density at radius 3 is 1.90 bits per heavy atom. The van der Waals surface area contributed by atoms with Crippen molar-refractivity contribution in [3.63, 3.8) is 0 Å². The Morgan fingerprint density at radius 2 is 1.19 bits per heavy atom. The Hall–Kier alpha value is -3.20. The lowest BCUT2D eigenvalue weighted by molar-refractivity contribution is 0.398. The highest BCUT2D eigenvalue weighted by molar-refractivity contribution is 5.83. The summed E-state index contributed by atoms with van der Waals surface area (Å²) in [5.74, 6) is 1.21. The Labute approximate surface area is 254 Å². The summed E-state index contributed by atoms with van der Waals surface area (Å²) in [5, 5.41) is 9.03. The van der Waals surface area contributed by atoms with Crippen LogP contribution in [0, 0.1) is 13.8 Å². The zero-order valence-electron chi connectivity index (χ0n) is 26.5. The van der Waals surface area contributed by atoms with E-state index in [1.807, 2.05) is 0 Å². The normalized spacial score (nSPS) is 13.3. The molecule has 0 atom stereocenters. The van der Waals surface area contributed by atoms with E-state index in [-0.39, 0.29) is 5.41 Å². The average molecular weight is 563 g/mol. The van der Waals surface area contributed by atoms with Crippen molar-refractivity contribution >= 4 is 0 Å². The number of rotatable bonds is 16. The Balaban J connectivity index is 1.48. The molecule has 222 valence electrons. The summed E-state index contributed by atoms with van der Waals surface area (Å²) in [6, 6.07) is 22.5. The molecule has 0 saturated carbocycles. The first kappa shape index (κ1) is 30.3. The Bertz CT molecular complexity index is 1430. The molecule has 4 aromatic rings. The quantitative estimate of drug-likeness (QED) is 0.127. The molecule has 42 heavy (non-hydrogen) atoms. The van der Waals surface area contributed by atoms with Crippen molar-refractivity contribution in [3.8, 4) is 34.0 Å². The van der Waals surface area contributed by atoms with Crippen LogP contribution >= 0.6 is 0 Å². The number of aromatic nitrogens is 2. The van der Waals surface area contributed by atoms with E-state index >= 15 is 0 Å². The van der Waals surface area contributed by atoms with Crippen LogP contribution in [0.5, 0.6) is 0 Å². The summed E-state index contributed by atoms with van der Waals surface area (Å²) in [5.41, 5.74) is 10.2. The zero-order valence-corrected chi connectivity index (χ0v) is 26.5. The molecule has 0 saturated heterocycles. The first-order valence-corrected chi connectivity index (χ1v) is 16.7. The maximum absolute atomic E-state index is 6.35. The molecular weight excluding hydrogens is 512 g/mol. The van der Waals surface area contributed by atoms with Gasteiger partial charge in [0.05, 0.1) is 0 Å². The molecule has 3 aromatic carbocycles. The fraction of sp³-hybridized carbons (Fsp3) is 0.487. The van der Waals surface area contributed by atoms with Crippen molar-refractivity contribution in [2.45, 2.75) is 123 Å². The van der Waals surface area contributed by atoms with Crippen molar-refractivity contribution < 1.29 is 4.42 Å². The number of aryl methyl sites for hydroxylation is 2. The van der Waals surface area contributed by atoms with E-state index in [1.54, 1.807) is 0 Å². The average Bonchev–Trinajstić information content (AvgIpc) is 3.60. The maximum Gasteiger partial charge on any atom is 0.248 e. The standard InChI is InChI=1S/C39H50N2O/c1-5-7-9-11-13-17-25-39(26-18-14-12-10-8-6-2)35-20-16-15-19-32(35)33-24-23-31(28-36(33)39)37-40-41-38(42-37)34-27-29(3)21-22-30(34)4/h15-16,19-24,27-28H,5-14,17-18,25-26H2,1-4H3. The molecule has 1 aromatic heterocycles. The van der Waals surface area contributed by atoms with Gasteiger partial charge in [0.15, 0.2) is 0 Å². The van der Waals surface area contributed by atoms with Gasteiger partial charge in [-0.15, -0.1) is 10.2 Å². The van der Waals surface area contributed by atoms with E-state index in [1.165, 1.54) is 118 Å². The van der Waals surface area contributed by atoms with Crippen LogP contribution in [-0.2, 0) is 5.41 Å². The van der Waals surface area contributed by atoms with Crippen LogP contribution in [0.4, 0.5) is 0 Å². The second kappa shape index (κ2) is 14.3. The molecule has 0 aliphatic heterocycles. The number of fused-ring (bicyclic) bond motifs is 3. The summed E-state index contributed by atoms with van der Waals surface area (Å²) in [7, 11) is 0. The highest BCUT2D eigenvalue weighted by Crippen LogP contribution is 2.55. The summed E-state index contributed by atoms with van der Waals surface area (Å²) in [6.07, 6.45) is 18.3. The third-order valence-corrected chi connectivity index (χ3v) is 9.48. The number of benzene rings is 3. The summed E-state index contributed by atoms with van der Waals surface area (Å²) >= 11 is 0. The topological polar surface area (TPSA) is 38.9 Å². The van der Waals surface area contributed by atoms with Crippen molar-refractivity contribution in [1.29, 1.82) is 0 Å². The fourth-order valence-electron chi connectivity index (χ4n) is 7.08. The second-order valence-corrected chi connectivity index (χ2v) is 12.7. The van der Waals surface area contributed by atoms with E-state index in [9.17, 15) is 0 Å². The van der Waals surface area contributed by atoms with Crippen LogP contribution in [0.15, 0.2) is 65.1 Å². The number of hydrogen-bond donors (Lipinski definition) is 0. The van der Waals surface area contributed by atoms with Crippen molar-refractivity contribution in [2.75, 3.05) is 0 Å². The van der Waals surface area contributed by atoms with Gasteiger partial charge in [-0.1, -0.05) is 139 Å². The third-order valence-electron chi connectivity index (χ3n) is 9.48. The first-order chi connectivity index (χ1) is 20.6. The minimum Gasteiger partial charge on any atom is -0.416 e. The fourth-order valence-corrected chi connectivity index (χ4v) is 7.08. The summed E-state index contributed by atoms with van der Waals surface area (Å²) in [6.45, 7) is 8.80. The van der Waals surface area contributed by atoms with Crippen LogP contribution < -0.4 is 0 Å². The van der Waals surface area contributed by atoms with Crippen LogP contribution in [0.3, 0.4) is 0 Å². The first-order valence-electron chi connectivity index (χ1n) is 16.7. The molecule has 1 heterocycles. The number of hydrogen-bond acceptors (Lipinski definition) is 3. The van der Waals surface area contributed by atoms with E-state index in [2.05, 4.69) is 98.6 Å². The van der Waals surface area contributed by atoms with Crippen molar-refractivity contribution in [1.82, 2.24) is 10.2 Å². The molecule has 1 aliphatic carbocycles. The summed E-state index contributed by atoms with van der Waals surface area (Å²) < 4.78 is 6.35. The SMILES string of the molecule is CCCCCCCCC1(CCCCCCCC)c2ccccc2-c2ccc(-c3nnc(-c4cc(C)ccc4C)o3)cc21. The van der Waals surface area contributed by atoms with Gasteiger partial charge in [0.1, 0.15) is 0 Å². The Morgan fingerprint density at radius 1 is 0.571 bits per heavy atom. The van der Waals surface area contributed by atoms with Gasteiger partial charge in [-0.05, 0) is 72.7 Å². The predicted molar refractivity (Wildman–Crippen MR) is 177 cm³/mol. The lowest BCUT2D eigenvalue weighted by Crippen LogP contribution is -2.25. The zero-order chi connectivity index (χ0) is 29.4. The largest absolute Gasteiger partial charge is 0.416 e. The molecule has 0 fully saturated rings. The molecule has 0 N–H and O–H groups in total. The lowest BCUT2D eigenvalue weighted by atomic mass is 9.70. The highest BCUT2D eigenvalue weighted by Gasteiger charge is 2.42. The van der Waals surface area contributed by atoms with Crippen LogP contribution in [0.1, 0.15) is 126 Å². The predicted octanol–water partition coefficient (Wildman–Crippen LogP) is 11.8. The van der Waals surface area contributed by atoms with Gasteiger partial charge in [-0.25, -0.2) is 0 Å². The van der Waals surface area contributed by atoms with Gasteiger partial charge in [0, 0.05) is 16.5 Å². The lowest BCUT2D eigenvalue weighted by Gasteiger charge is -2.33. The monoisotopic (exact) mass is 562 g/mol. The molecule has 0 radical (unpaired) electrons. The third kappa shape index (κ3) is 6.56. The number of unbranched alkanes of at least 4 members (excludes halogenated alkanes) is 10. The Kier molecular flexibility index (Phi) is 10.3. The molecule has 5 rings (SSSR count). The van der Waals surface area contributed by atoms with Gasteiger partial charge in [0.2, 0.25) is 11.8 Å². The molecule has 1 aliphatic rings. The minimum absolute atomic E-state index is 0.0490. The molecule has 0 unspecified atom stereocenters. The molecular formula is C39H50N2O. The van der Waals surface area contributed by atoms with E-state index < -0.39 is 0 Å². The van der Waals surface area contributed by atoms with E-state index in [0.717, 1.165) is 16.7 Å². The molecule has 0 amide bonds. The van der Waals surface area contributed by atoms with Gasteiger partial charge in [0.25, 0.3) is 0 Å². The molecule has 3 nitrogen and oxygen atoms in total. The summed E-state index contributed by atoms with van der Waals surface area (Å²) in [4.78, 5) is 0. The second-order valence-electron chi connectivity index (χ2n) is 12.7.